The third kappa shape index (κ3) is 2.13. The first-order chi connectivity index (χ1) is 11.2. The predicted molar refractivity (Wildman–Crippen MR) is 90.9 cm³/mol. The number of hydrogen-bond acceptors (Lipinski definition) is 5. The maximum Gasteiger partial charge on any atom is 0.216 e. The molecule has 116 valence electrons. The molecule has 1 aliphatic heterocycles. The van der Waals surface area contributed by atoms with E-state index in [4.69, 9.17) is 4.74 Å². The molecule has 4 rings (SSSR count). The van der Waals surface area contributed by atoms with Crippen LogP contribution in [0.25, 0.3) is 16.9 Å². The van der Waals surface area contributed by atoms with Crippen molar-refractivity contribution in [2.75, 3.05) is 6.61 Å². The Morgan fingerprint density at radius 3 is 2.96 bits per heavy atom. The molecule has 0 unspecified atom stereocenters. The molecule has 3 aromatic rings. The number of aromatic nitrogens is 3. The number of fused-ring (bicyclic) bond motifs is 2. The van der Waals surface area contributed by atoms with Crippen molar-refractivity contribution < 1.29 is 4.74 Å². The highest BCUT2D eigenvalue weighted by molar-refractivity contribution is 7.80. The lowest BCUT2D eigenvalue weighted by Crippen LogP contribution is -2.24. The van der Waals surface area contributed by atoms with Crippen molar-refractivity contribution in [1.82, 2.24) is 14.5 Å². The summed E-state index contributed by atoms with van der Waals surface area (Å²) in [6.45, 7) is 2.58. The molecule has 0 atom stereocenters. The number of hydrogen-bond donors (Lipinski definition) is 1. The van der Waals surface area contributed by atoms with Gasteiger partial charge in [0.05, 0.1) is 17.9 Å². The summed E-state index contributed by atoms with van der Waals surface area (Å²) in [5.41, 5.74) is 3.33. The second kappa shape index (κ2) is 5.38. The second-order valence-electron chi connectivity index (χ2n) is 5.57. The van der Waals surface area contributed by atoms with Crippen LogP contribution >= 0.6 is 12.6 Å². The van der Waals surface area contributed by atoms with Gasteiger partial charge in [-0.2, -0.15) is 0 Å². The molecule has 5 nitrogen and oxygen atoms in total. The number of thiol groups is 1. The molecule has 0 radical (unpaired) electrons. The first-order valence-corrected chi connectivity index (χ1v) is 7.93. The maximum atomic E-state index is 12.7. The van der Waals surface area contributed by atoms with E-state index in [0.717, 1.165) is 22.6 Å². The predicted octanol–water partition coefficient (Wildman–Crippen LogP) is 2.70. The van der Waals surface area contributed by atoms with Gasteiger partial charge in [-0.15, -0.1) is 12.6 Å². The number of aryl methyl sites for hydroxylation is 1. The molecule has 3 heterocycles. The highest BCUT2D eigenvalue weighted by Crippen LogP contribution is 2.32. The van der Waals surface area contributed by atoms with Crippen LogP contribution in [0.4, 0.5) is 0 Å². The third-order valence-electron chi connectivity index (χ3n) is 4.11. The summed E-state index contributed by atoms with van der Waals surface area (Å²) >= 11 is 4.64. The summed E-state index contributed by atoms with van der Waals surface area (Å²) < 4.78 is 7.72. The van der Waals surface area contributed by atoms with E-state index >= 15 is 0 Å². The van der Waals surface area contributed by atoms with Crippen LogP contribution in [0, 0.1) is 6.92 Å². The summed E-state index contributed by atoms with van der Waals surface area (Å²) in [5.74, 6) is 0.565. The van der Waals surface area contributed by atoms with Gasteiger partial charge in [0.2, 0.25) is 11.3 Å². The average Bonchev–Trinajstić information content (AvgIpc) is 2.59. The molecule has 2 aromatic heterocycles. The van der Waals surface area contributed by atoms with Gasteiger partial charge in [0.25, 0.3) is 0 Å². The minimum absolute atomic E-state index is 0.0904. The lowest BCUT2D eigenvalue weighted by Gasteiger charge is -2.23. The lowest BCUT2D eigenvalue weighted by molar-refractivity contribution is 0.269. The Hall–Kier alpha value is -2.34. The van der Waals surface area contributed by atoms with Crippen molar-refractivity contribution in [1.29, 1.82) is 0 Å². The molecule has 0 N–H and O–H groups in total. The van der Waals surface area contributed by atoms with Gasteiger partial charge in [-0.25, -0.2) is 9.97 Å². The maximum absolute atomic E-state index is 12.7. The van der Waals surface area contributed by atoms with E-state index < -0.39 is 0 Å². The number of nitrogens with zero attached hydrogens (tertiary/aromatic N) is 3. The van der Waals surface area contributed by atoms with E-state index in [1.54, 1.807) is 12.4 Å². The van der Waals surface area contributed by atoms with Gasteiger partial charge in [-0.3, -0.25) is 9.36 Å². The quantitative estimate of drug-likeness (QED) is 0.699. The van der Waals surface area contributed by atoms with Crippen molar-refractivity contribution in [2.45, 2.75) is 24.7 Å². The third-order valence-corrected chi connectivity index (χ3v) is 4.69. The zero-order valence-corrected chi connectivity index (χ0v) is 13.5. The number of ether oxygens (including phenoxy) is 1. The summed E-state index contributed by atoms with van der Waals surface area (Å²) in [4.78, 5) is 22.2. The fourth-order valence-corrected chi connectivity index (χ4v) is 3.21. The fourth-order valence-electron chi connectivity index (χ4n) is 2.96. The molecule has 0 saturated heterocycles. The Labute approximate surface area is 138 Å². The van der Waals surface area contributed by atoms with E-state index in [2.05, 4.69) is 22.6 Å². The van der Waals surface area contributed by atoms with Gasteiger partial charge in [0, 0.05) is 17.3 Å². The largest absolute Gasteiger partial charge is 0.478 e. The molecule has 0 aliphatic carbocycles. The Kier molecular flexibility index (Phi) is 3.34. The molecule has 1 aromatic carbocycles. The summed E-state index contributed by atoms with van der Waals surface area (Å²) in [7, 11) is 0. The summed E-state index contributed by atoms with van der Waals surface area (Å²) in [6.07, 6.45) is 4.65. The zero-order valence-electron chi connectivity index (χ0n) is 12.6. The van der Waals surface area contributed by atoms with Crippen molar-refractivity contribution >= 4 is 23.8 Å². The van der Waals surface area contributed by atoms with Crippen LogP contribution in [0.3, 0.4) is 0 Å². The highest BCUT2D eigenvalue weighted by Gasteiger charge is 2.24. The number of pyridine rings is 1. The smallest absolute Gasteiger partial charge is 0.216 e. The van der Waals surface area contributed by atoms with Gasteiger partial charge < -0.3 is 4.74 Å². The summed E-state index contributed by atoms with van der Waals surface area (Å²) in [6, 6.07) is 5.90. The van der Waals surface area contributed by atoms with Gasteiger partial charge in [0.1, 0.15) is 0 Å². The Balaban J connectivity index is 2.19. The first kappa shape index (κ1) is 14.3. The van der Waals surface area contributed by atoms with Crippen molar-refractivity contribution in [2.24, 2.45) is 0 Å². The van der Waals surface area contributed by atoms with Crippen LogP contribution in [-0.4, -0.2) is 21.1 Å². The van der Waals surface area contributed by atoms with Crippen LogP contribution in [0.2, 0.25) is 0 Å². The van der Waals surface area contributed by atoms with E-state index in [9.17, 15) is 4.79 Å². The average molecular weight is 325 g/mol. The minimum atomic E-state index is -0.0904. The Morgan fingerprint density at radius 2 is 2.09 bits per heavy atom. The first-order valence-electron chi connectivity index (χ1n) is 7.49. The normalized spacial score (nSPS) is 13.7. The standard InChI is InChI=1S/C17H15N3O2S/c1-10-4-2-6-12(15(10)23)20-16-13(18-7-8-19-16)14(21)11-5-3-9-22-17(11)20/h2,4,6-8,23H,3,5,9H2,1H3. The van der Waals surface area contributed by atoms with Crippen molar-refractivity contribution in [3.63, 3.8) is 0 Å². The molecule has 6 heteroatoms. The Morgan fingerprint density at radius 1 is 1.26 bits per heavy atom. The van der Waals surface area contributed by atoms with Crippen LogP contribution in [0.1, 0.15) is 17.5 Å². The van der Waals surface area contributed by atoms with Gasteiger partial charge >= 0.3 is 0 Å². The topological polar surface area (TPSA) is 57.0 Å². The molecule has 0 bridgehead atoms. The molecular formula is C17H15N3O2S. The van der Waals surface area contributed by atoms with E-state index in [0.29, 0.717) is 35.6 Å². The van der Waals surface area contributed by atoms with Crippen LogP contribution < -0.4 is 10.2 Å². The number of rotatable bonds is 1. The van der Waals surface area contributed by atoms with Gasteiger partial charge in [-0.05, 0) is 31.4 Å². The van der Waals surface area contributed by atoms with Gasteiger partial charge in [-0.1, -0.05) is 12.1 Å². The van der Waals surface area contributed by atoms with E-state index in [-0.39, 0.29) is 5.43 Å². The molecular weight excluding hydrogens is 310 g/mol. The molecule has 1 aliphatic rings. The SMILES string of the molecule is Cc1cccc(-n2c3c(c(=O)c4nccnc42)CCCO3)c1S. The minimum Gasteiger partial charge on any atom is -0.478 e. The second-order valence-corrected chi connectivity index (χ2v) is 6.02. The highest BCUT2D eigenvalue weighted by atomic mass is 32.1. The monoisotopic (exact) mass is 325 g/mol. The van der Waals surface area contributed by atoms with Crippen molar-refractivity contribution in [3.05, 3.63) is 51.9 Å². The van der Waals surface area contributed by atoms with Crippen LogP contribution in [0.5, 0.6) is 5.88 Å². The van der Waals surface area contributed by atoms with E-state index in [1.807, 2.05) is 29.7 Å². The Bertz CT molecular complexity index is 981. The lowest BCUT2D eigenvalue weighted by atomic mass is 10.1. The van der Waals surface area contributed by atoms with Gasteiger partial charge in [0.15, 0.2) is 11.2 Å². The van der Waals surface area contributed by atoms with Crippen LogP contribution in [0.15, 0.2) is 40.3 Å². The molecule has 0 fully saturated rings. The molecule has 0 spiro atoms. The molecule has 0 saturated carbocycles. The van der Waals surface area contributed by atoms with Crippen LogP contribution in [-0.2, 0) is 6.42 Å². The summed E-state index contributed by atoms with van der Waals surface area (Å²) in [5, 5.41) is 0. The molecule has 0 amide bonds. The fraction of sp³-hybridized carbons (Fsp3) is 0.235. The molecule has 23 heavy (non-hydrogen) atoms. The van der Waals surface area contributed by atoms with E-state index in [1.165, 1.54) is 0 Å². The zero-order chi connectivity index (χ0) is 16.0. The van der Waals surface area contributed by atoms with Crippen molar-refractivity contribution in [3.8, 4) is 11.6 Å². The number of benzene rings is 1.